The zero-order valence-corrected chi connectivity index (χ0v) is 6.85. The summed E-state index contributed by atoms with van der Waals surface area (Å²) in [5, 5.41) is 0. The molecule has 0 saturated heterocycles. The smallest absolute Gasteiger partial charge is 0.270 e. The van der Waals surface area contributed by atoms with Crippen LogP contribution in [0.15, 0.2) is 12.3 Å². The minimum Gasteiger partial charge on any atom is -0.381 e. The van der Waals surface area contributed by atoms with Crippen LogP contribution in [0.5, 0.6) is 0 Å². The highest BCUT2D eigenvalue weighted by molar-refractivity contribution is 7.85. The molecular formula is C5H11NO3S. The van der Waals surface area contributed by atoms with Crippen molar-refractivity contribution in [3.8, 4) is 0 Å². The Hall–Kier alpha value is -0.550. The number of rotatable bonds is 3. The summed E-state index contributed by atoms with van der Waals surface area (Å²) >= 11 is 0. The molecule has 0 fully saturated rings. The van der Waals surface area contributed by atoms with Crippen LogP contribution in [-0.4, -0.2) is 37.7 Å². The van der Waals surface area contributed by atoms with Gasteiger partial charge in [-0.15, -0.1) is 0 Å². The molecule has 0 aromatic heterocycles. The minimum absolute atomic E-state index is 0.363. The van der Waals surface area contributed by atoms with E-state index in [1.54, 1.807) is 14.1 Å². The van der Waals surface area contributed by atoms with Crippen molar-refractivity contribution in [3.63, 3.8) is 0 Å². The lowest BCUT2D eigenvalue weighted by Crippen LogP contribution is -2.18. The van der Waals surface area contributed by atoms with Gasteiger partial charge in [0.1, 0.15) is 5.75 Å². The van der Waals surface area contributed by atoms with E-state index in [-0.39, 0.29) is 0 Å². The van der Waals surface area contributed by atoms with Gasteiger partial charge in [0.15, 0.2) is 0 Å². The summed E-state index contributed by atoms with van der Waals surface area (Å²) in [5.74, 6) is -0.403. The average molecular weight is 165 g/mol. The summed E-state index contributed by atoms with van der Waals surface area (Å²) in [5.41, 5.74) is 0.363. The van der Waals surface area contributed by atoms with E-state index in [1.807, 2.05) is 0 Å². The number of hydrogen-bond acceptors (Lipinski definition) is 3. The van der Waals surface area contributed by atoms with Crippen LogP contribution in [0, 0.1) is 0 Å². The van der Waals surface area contributed by atoms with Crippen LogP contribution in [0.25, 0.3) is 0 Å². The highest BCUT2D eigenvalue weighted by Gasteiger charge is 2.07. The highest BCUT2D eigenvalue weighted by Crippen LogP contribution is 1.97. The monoisotopic (exact) mass is 165 g/mol. The molecule has 0 aliphatic heterocycles. The Morgan fingerprint density at radius 2 is 2.00 bits per heavy atom. The summed E-state index contributed by atoms with van der Waals surface area (Å²) in [6.07, 6.45) is 0. The quantitative estimate of drug-likeness (QED) is 0.596. The maximum Gasteiger partial charge on any atom is 0.270 e. The van der Waals surface area contributed by atoms with Gasteiger partial charge in [-0.2, -0.15) is 8.42 Å². The summed E-state index contributed by atoms with van der Waals surface area (Å²) in [6.45, 7) is 3.43. The van der Waals surface area contributed by atoms with Crippen LogP contribution in [0.1, 0.15) is 0 Å². The zero-order chi connectivity index (χ0) is 8.36. The maximum absolute atomic E-state index is 10.2. The van der Waals surface area contributed by atoms with Gasteiger partial charge in [-0.3, -0.25) is 4.55 Å². The summed E-state index contributed by atoms with van der Waals surface area (Å²) in [6, 6.07) is 0. The van der Waals surface area contributed by atoms with Gasteiger partial charge < -0.3 is 4.90 Å². The standard InChI is InChI=1S/C5H11NO3S/c1-5(6(2)3)4-10(7,8)9/h1,4H2,2-3H3,(H,7,8,9). The fourth-order valence-electron chi connectivity index (χ4n) is 0.340. The molecule has 0 aromatic carbocycles. The molecule has 5 heteroatoms. The third-order valence-corrected chi connectivity index (χ3v) is 1.68. The SMILES string of the molecule is C=C(CS(=O)(=O)O)N(C)C. The average Bonchev–Trinajstić information content (AvgIpc) is 1.60. The van der Waals surface area contributed by atoms with Gasteiger partial charge >= 0.3 is 0 Å². The largest absolute Gasteiger partial charge is 0.381 e. The van der Waals surface area contributed by atoms with E-state index in [9.17, 15) is 8.42 Å². The van der Waals surface area contributed by atoms with E-state index in [1.165, 1.54) is 4.90 Å². The fourth-order valence-corrected chi connectivity index (χ4v) is 1.02. The number of hydrogen-bond donors (Lipinski definition) is 1. The first kappa shape index (κ1) is 9.45. The topological polar surface area (TPSA) is 57.6 Å². The predicted molar refractivity (Wildman–Crippen MR) is 39.2 cm³/mol. The van der Waals surface area contributed by atoms with Crippen LogP contribution in [-0.2, 0) is 10.1 Å². The van der Waals surface area contributed by atoms with Crippen molar-refractivity contribution in [2.24, 2.45) is 0 Å². The summed E-state index contributed by atoms with van der Waals surface area (Å²) < 4.78 is 28.8. The minimum atomic E-state index is -3.91. The molecule has 1 N–H and O–H groups in total. The van der Waals surface area contributed by atoms with E-state index >= 15 is 0 Å². The van der Waals surface area contributed by atoms with Crippen LogP contribution in [0.3, 0.4) is 0 Å². The molecule has 0 radical (unpaired) electrons. The van der Waals surface area contributed by atoms with Crippen LogP contribution >= 0.6 is 0 Å². The Labute approximate surface area is 60.9 Å². The van der Waals surface area contributed by atoms with Crippen molar-refractivity contribution in [1.29, 1.82) is 0 Å². The normalized spacial score (nSPS) is 11.1. The Morgan fingerprint density at radius 1 is 1.60 bits per heavy atom. The molecule has 10 heavy (non-hydrogen) atoms. The van der Waals surface area contributed by atoms with E-state index in [4.69, 9.17) is 4.55 Å². The molecule has 0 atom stereocenters. The molecule has 0 heterocycles. The molecule has 0 aliphatic carbocycles. The fraction of sp³-hybridized carbons (Fsp3) is 0.600. The van der Waals surface area contributed by atoms with Crippen molar-refractivity contribution in [3.05, 3.63) is 12.3 Å². The molecule has 4 nitrogen and oxygen atoms in total. The third kappa shape index (κ3) is 4.34. The Balaban J connectivity index is 4.07. The van der Waals surface area contributed by atoms with E-state index in [2.05, 4.69) is 6.58 Å². The maximum atomic E-state index is 10.2. The lowest BCUT2D eigenvalue weighted by atomic mass is 10.5. The van der Waals surface area contributed by atoms with Crippen molar-refractivity contribution in [1.82, 2.24) is 4.90 Å². The highest BCUT2D eigenvalue weighted by atomic mass is 32.2. The van der Waals surface area contributed by atoms with Crippen molar-refractivity contribution in [2.45, 2.75) is 0 Å². The van der Waals surface area contributed by atoms with Gasteiger partial charge in [0, 0.05) is 19.8 Å². The molecule has 0 unspecified atom stereocenters. The summed E-state index contributed by atoms with van der Waals surface area (Å²) in [4.78, 5) is 1.54. The molecule has 0 amide bonds. The summed E-state index contributed by atoms with van der Waals surface area (Å²) in [7, 11) is -0.589. The lowest BCUT2D eigenvalue weighted by Gasteiger charge is -2.13. The molecule has 0 rings (SSSR count). The first-order valence-corrected chi connectivity index (χ1v) is 4.24. The lowest BCUT2D eigenvalue weighted by molar-refractivity contribution is 0.469. The zero-order valence-electron chi connectivity index (χ0n) is 6.03. The van der Waals surface area contributed by atoms with Crippen molar-refractivity contribution >= 4 is 10.1 Å². The third-order valence-electron chi connectivity index (χ3n) is 0.981. The van der Waals surface area contributed by atoms with E-state index in [0.29, 0.717) is 5.70 Å². The molecule has 0 spiro atoms. The Bertz CT molecular complexity index is 217. The van der Waals surface area contributed by atoms with Gasteiger partial charge in [0.05, 0.1) is 0 Å². The Morgan fingerprint density at radius 3 is 2.10 bits per heavy atom. The van der Waals surface area contributed by atoms with E-state index in [0.717, 1.165) is 0 Å². The molecule has 0 aliphatic rings. The van der Waals surface area contributed by atoms with Crippen LogP contribution < -0.4 is 0 Å². The first-order chi connectivity index (χ1) is 4.33. The first-order valence-electron chi connectivity index (χ1n) is 2.63. The van der Waals surface area contributed by atoms with Gasteiger partial charge in [-0.25, -0.2) is 0 Å². The second-order valence-electron chi connectivity index (χ2n) is 2.19. The Kier molecular flexibility index (Phi) is 2.86. The molecular weight excluding hydrogens is 154 g/mol. The van der Waals surface area contributed by atoms with Gasteiger partial charge in [-0.1, -0.05) is 6.58 Å². The van der Waals surface area contributed by atoms with Crippen molar-refractivity contribution in [2.75, 3.05) is 19.8 Å². The van der Waals surface area contributed by atoms with Gasteiger partial charge in [0.25, 0.3) is 10.1 Å². The van der Waals surface area contributed by atoms with E-state index < -0.39 is 15.9 Å². The van der Waals surface area contributed by atoms with Gasteiger partial charge in [0.2, 0.25) is 0 Å². The molecule has 60 valence electrons. The molecule has 0 saturated carbocycles. The van der Waals surface area contributed by atoms with Gasteiger partial charge in [-0.05, 0) is 0 Å². The number of nitrogens with zero attached hydrogens (tertiary/aromatic N) is 1. The van der Waals surface area contributed by atoms with Crippen molar-refractivity contribution < 1.29 is 13.0 Å². The molecule has 0 bridgehead atoms. The predicted octanol–water partition coefficient (Wildman–Crippen LogP) is -0.0505. The van der Waals surface area contributed by atoms with Crippen LogP contribution in [0.4, 0.5) is 0 Å². The second-order valence-corrected chi connectivity index (χ2v) is 3.64. The molecule has 0 aromatic rings. The van der Waals surface area contributed by atoms with Crippen LogP contribution in [0.2, 0.25) is 0 Å². The second kappa shape index (κ2) is 3.03.